The van der Waals surface area contributed by atoms with Gasteiger partial charge in [0.25, 0.3) is 0 Å². The minimum atomic E-state index is -1.29. The number of nitrogens with two attached hydrogens (primary N) is 1. The Hall–Kier alpha value is -2.21. The Morgan fingerprint density at radius 2 is 2.00 bits per heavy atom. The van der Waals surface area contributed by atoms with E-state index >= 15 is 0 Å². The van der Waals surface area contributed by atoms with Crippen LogP contribution >= 0.6 is 0 Å². The van der Waals surface area contributed by atoms with Crippen LogP contribution in [0.5, 0.6) is 0 Å². The molecule has 1 aromatic carbocycles. The van der Waals surface area contributed by atoms with Gasteiger partial charge in [-0.1, -0.05) is 30.3 Å². The number of benzene rings is 1. The van der Waals surface area contributed by atoms with Crippen molar-refractivity contribution < 1.29 is 9.53 Å². The molecule has 112 valence electrons. The Bertz CT molecular complexity index is 624. The van der Waals surface area contributed by atoms with E-state index in [0.717, 1.165) is 0 Å². The molecule has 0 aliphatic heterocycles. The summed E-state index contributed by atoms with van der Waals surface area (Å²) in [4.78, 5) is 16.6. The quantitative estimate of drug-likeness (QED) is 0.839. The normalized spacial score (nSPS) is 13.7. The van der Waals surface area contributed by atoms with E-state index in [2.05, 4.69) is 10.1 Å². The van der Waals surface area contributed by atoms with E-state index in [0.29, 0.717) is 17.2 Å². The van der Waals surface area contributed by atoms with Gasteiger partial charge in [0.15, 0.2) is 5.54 Å². The molecular weight excluding hydrogens is 268 g/mol. The molecule has 2 rings (SSSR count). The van der Waals surface area contributed by atoms with Gasteiger partial charge in [-0.05, 0) is 26.3 Å². The van der Waals surface area contributed by atoms with Crippen molar-refractivity contribution in [3.05, 3.63) is 47.5 Å². The van der Waals surface area contributed by atoms with Crippen LogP contribution in [0.3, 0.4) is 0 Å². The van der Waals surface area contributed by atoms with Crippen LogP contribution in [0.15, 0.2) is 30.3 Å². The maximum atomic E-state index is 12.4. The van der Waals surface area contributed by atoms with Gasteiger partial charge < -0.3 is 10.5 Å². The van der Waals surface area contributed by atoms with Gasteiger partial charge in [-0.3, -0.25) is 0 Å². The van der Waals surface area contributed by atoms with E-state index in [-0.39, 0.29) is 13.2 Å². The predicted molar refractivity (Wildman–Crippen MR) is 78.4 cm³/mol. The van der Waals surface area contributed by atoms with Crippen molar-refractivity contribution in [2.24, 2.45) is 5.73 Å². The van der Waals surface area contributed by atoms with Crippen molar-refractivity contribution in [3.8, 4) is 0 Å². The van der Waals surface area contributed by atoms with Crippen molar-refractivity contribution in [3.63, 3.8) is 0 Å². The highest BCUT2D eigenvalue weighted by molar-refractivity contribution is 5.82. The van der Waals surface area contributed by atoms with E-state index < -0.39 is 11.5 Å². The summed E-state index contributed by atoms with van der Waals surface area (Å²) in [5.41, 5.74) is 5.80. The molecule has 0 aliphatic rings. The summed E-state index contributed by atoms with van der Waals surface area (Å²) in [7, 11) is 0. The Morgan fingerprint density at radius 1 is 1.33 bits per heavy atom. The first-order chi connectivity index (χ1) is 9.97. The van der Waals surface area contributed by atoms with Crippen molar-refractivity contribution in [2.45, 2.75) is 32.9 Å². The van der Waals surface area contributed by atoms with Crippen LogP contribution in [0.1, 0.15) is 24.1 Å². The van der Waals surface area contributed by atoms with Crippen LogP contribution in [0, 0.1) is 13.8 Å². The molecule has 0 spiro atoms. The molecule has 2 aromatic rings. The van der Waals surface area contributed by atoms with Gasteiger partial charge in [0.1, 0.15) is 11.6 Å². The summed E-state index contributed by atoms with van der Waals surface area (Å²) in [6.45, 7) is 5.85. The third kappa shape index (κ3) is 3.11. The standard InChI is InChI=1S/C15H20N4O2/c1-4-21-14(20)15(16,13-8-6-5-7-9-13)10-19-12(3)17-11(2)18-19/h5-9H,4,10,16H2,1-3H3. The maximum Gasteiger partial charge on any atom is 0.332 e. The third-order valence-electron chi connectivity index (χ3n) is 3.29. The molecule has 6 nitrogen and oxygen atoms in total. The van der Waals surface area contributed by atoms with Crippen molar-refractivity contribution in [2.75, 3.05) is 6.61 Å². The highest BCUT2D eigenvalue weighted by Crippen LogP contribution is 2.22. The third-order valence-corrected chi connectivity index (χ3v) is 3.29. The number of carbonyl (C=O) groups excluding carboxylic acids is 1. The van der Waals surface area contributed by atoms with Crippen LogP contribution in [0.2, 0.25) is 0 Å². The highest BCUT2D eigenvalue weighted by Gasteiger charge is 2.39. The van der Waals surface area contributed by atoms with E-state index in [4.69, 9.17) is 10.5 Å². The molecule has 1 atom stereocenters. The molecular formula is C15H20N4O2. The number of aryl methyl sites for hydroxylation is 2. The molecule has 0 fully saturated rings. The van der Waals surface area contributed by atoms with E-state index in [1.165, 1.54) is 0 Å². The number of hydrogen-bond acceptors (Lipinski definition) is 5. The number of rotatable bonds is 5. The van der Waals surface area contributed by atoms with Gasteiger partial charge in [0, 0.05) is 0 Å². The zero-order valence-corrected chi connectivity index (χ0v) is 12.5. The van der Waals surface area contributed by atoms with Crippen LogP contribution < -0.4 is 5.73 Å². The van der Waals surface area contributed by atoms with Gasteiger partial charge in [-0.2, -0.15) is 5.10 Å². The molecule has 1 unspecified atom stereocenters. The van der Waals surface area contributed by atoms with Crippen LogP contribution in [-0.2, 0) is 21.6 Å². The second-order valence-corrected chi connectivity index (χ2v) is 4.92. The molecule has 6 heteroatoms. The van der Waals surface area contributed by atoms with Gasteiger partial charge >= 0.3 is 5.97 Å². The number of nitrogens with zero attached hydrogens (tertiary/aromatic N) is 3. The lowest BCUT2D eigenvalue weighted by Gasteiger charge is -2.27. The lowest BCUT2D eigenvalue weighted by atomic mass is 9.91. The van der Waals surface area contributed by atoms with Gasteiger partial charge in [-0.25, -0.2) is 14.5 Å². The number of carbonyl (C=O) groups is 1. The minimum Gasteiger partial charge on any atom is -0.464 e. The molecule has 1 aromatic heterocycles. The topological polar surface area (TPSA) is 83.0 Å². The second kappa shape index (κ2) is 6.05. The second-order valence-electron chi connectivity index (χ2n) is 4.92. The highest BCUT2D eigenvalue weighted by atomic mass is 16.5. The number of ether oxygens (including phenoxy) is 1. The largest absolute Gasteiger partial charge is 0.464 e. The molecule has 0 aliphatic carbocycles. The van der Waals surface area contributed by atoms with Crippen molar-refractivity contribution >= 4 is 5.97 Å². The lowest BCUT2D eigenvalue weighted by molar-refractivity contribution is -0.150. The Labute approximate surface area is 123 Å². The van der Waals surface area contributed by atoms with E-state index in [1.54, 1.807) is 18.5 Å². The first kappa shape index (κ1) is 15.2. The molecule has 0 saturated carbocycles. The fourth-order valence-corrected chi connectivity index (χ4v) is 2.22. The van der Waals surface area contributed by atoms with E-state index in [1.807, 2.05) is 37.3 Å². The van der Waals surface area contributed by atoms with Gasteiger partial charge in [-0.15, -0.1) is 0 Å². The lowest BCUT2D eigenvalue weighted by Crippen LogP contribution is -2.49. The van der Waals surface area contributed by atoms with Gasteiger partial charge in [0.05, 0.1) is 13.2 Å². The van der Waals surface area contributed by atoms with Crippen LogP contribution in [0.25, 0.3) is 0 Å². The monoisotopic (exact) mass is 288 g/mol. The van der Waals surface area contributed by atoms with E-state index in [9.17, 15) is 4.79 Å². The SMILES string of the molecule is CCOC(=O)C(N)(Cn1nc(C)nc1C)c1ccccc1. The fourth-order valence-electron chi connectivity index (χ4n) is 2.22. The van der Waals surface area contributed by atoms with Crippen LogP contribution in [0.4, 0.5) is 0 Å². The van der Waals surface area contributed by atoms with Crippen LogP contribution in [-0.4, -0.2) is 27.3 Å². The molecule has 0 bridgehead atoms. The molecule has 0 amide bonds. The minimum absolute atomic E-state index is 0.183. The Kier molecular flexibility index (Phi) is 4.37. The molecule has 2 N–H and O–H groups in total. The number of aromatic nitrogens is 3. The molecule has 0 saturated heterocycles. The summed E-state index contributed by atoms with van der Waals surface area (Å²) in [6, 6.07) is 9.19. The average molecular weight is 288 g/mol. The average Bonchev–Trinajstić information content (AvgIpc) is 2.77. The summed E-state index contributed by atoms with van der Waals surface area (Å²) < 4.78 is 6.79. The smallest absolute Gasteiger partial charge is 0.332 e. The summed E-state index contributed by atoms with van der Waals surface area (Å²) in [5.74, 6) is 0.887. The Balaban J connectivity index is 2.41. The fraction of sp³-hybridized carbons (Fsp3) is 0.400. The number of esters is 1. The predicted octanol–water partition coefficient (Wildman–Crippen LogP) is 1.31. The summed E-state index contributed by atoms with van der Waals surface area (Å²) in [6.07, 6.45) is 0. The summed E-state index contributed by atoms with van der Waals surface area (Å²) in [5, 5.41) is 4.28. The maximum absolute atomic E-state index is 12.4. The molecule has 21 heavy (non-hydrogen) atoms. The number of hydrogen-bond donors (Lipinski definition) is 1. The summed E-state index contributed by atoms with van der Waals surface area (Å²) >= 11 is 0. The molecule has 0 radical (unpaired) electrons. The first-order valence-corrected chi connectivity index (χ1v) is 6.87. The molecule has 1 heterocycles. The Morgan fingerprint density at radius 3 is 2.52 bits per heavy atom. The van der Waals surface area contributed by atoms with Gasteiger partial charge in [0.2, 0.25) is 0 Å². The zero-order valence-electron chi connectivity index (χ0n) is 12.5. The zero-order chi connectivity index (χ0) is 15.5. The van der Waals surface area contributed by atoms with Crippen molar-refractivity contribution in [1.29, 1.82) is 0 Å². The first-order valence-electron chi connectivity index (χ1n) is 6.87. The van der Waals surface area contributed by atoms with Crippen molar-refractivity contribution in [1.82, 2.24) is 14.8 Å².